The van der Waals surface area contributed by atoms with Crippen LogP contribution in [0.3, 0.4) is 0 Å². The third-order valence-corrected chi connectivity index (χ3v) is 4.71. The molecule has 1 amide bonds. The molecule has 7 nitrogen and oxygen atoms in total. The molecule has 2 atom stereocenters. The third kappa shape index (κ3) is 3.56. The van der Waals surface area contributed by atoms with Crippen LogP contribution >= 0.6 is 0 Å². The maximum absolute atomic E-state index is 11.9. The molecule has 0 heterocycles. The Balaban J connectivity index is 2.69. The minimum atomic E-state index is -3.85. The van der Waals surface area contributed by atoms with Gasteiger partial charge in [-0.2, -0.15) is 12.7 Å². The van der Waals surface area contributed by atoms with Crippen molar-refractivity contribution in [3.05, 3.63) is 0 Å². The van der Waals surface area contributed by atoms with E-state index in [2.05, 4.69) is 4.74 Å². The average Bonchev–Trinajstić information content (AvgIpc) is 2.75. The zero-order valence-corrected chi connectivity index (χ0v) is 11.6. The summed E-state index contributed by atoms with van der Waals surface area (Å²) in [4.78, 5) is 11.2. The molecule has 0 saturated heterocycles. The molecule has 1 aliphatic rings. The lowest BCUT2D eigenvalue weighted by Crippen LogP contribution is -2.48. The van der Waals surface area contributed by atoms with Crippen molar-refractivity contribution in [1.82, 2.24) is 9.03 Å². The summed E-state index contributed by atoms with van der Waals surface area (Å²) in [6.45, 7) is 2.18. The van der Waals surface area contributed by atoms with Crippen molar-refractivity contribution in [3.63, 3.8) is 0 Å². The molecule has 1 aliphatic carbocycles. The molecule has 0 aliphatic heterocycles. The van der Waals surface area contributed by atoms with Gasteiger partial charge in [-0.3, -0.25) is 0 Å². The summed E-state index contributed by atoms with van der Waals surface area (Å²) in [6, 6.07) is -0.151. The van der Waals surface area contributed by atoms with Gasteiger partial charge in [0.25, 0.3) is 0 Å². The second-order valence-corrected chi connectivity index (χ2v) is 6.07. The zero-order valence-electron chi connectivity index (χ0n) is 10.8. The molecule has 106 valence electrons. The molecule has 1 rings (SSSR count). The van der Waals surface area contributed by atoms with Gasteiger partial charge in [-0.15, -0.1) is 0 Å². The van der Waals surface area contributed by atoms with Crippen LogP contribution in [-0.2, 0) is 14.9 Å². The maximum Gasteiger partial charge on any atom is 0.421 e. The molecule has 3 N–H and O–H groups in total. The predicted octanol–water partition coefficient (Wildman–Crippen LogP) is 0.0365. The molecule has 0 radical (unpaired) electrons. The van der Waals surface area contributed by atoms with E-state index in [0.717, 1.165) is 19.3 Å². The number of carbonyl (C=O) groups excluding carboxylic acids is 1. The number of nitrogens with one attached hydrogen (secondary N) is 1. The highest BCUT2D eigenvalue weighted by Gasteiger charge is 2.36. The predicted molar refractivity (Wildman–Crippen MR) is 67.0 cm³/mol. The number of rotatable bonds is 5. The van der Waals surface area contributed by atoms with E-state index in [-0.39, 0.29) is 18.6 Å². The van der Waals surface area contributed by atoms with Gasteiger partial charge in [0.05, 0.1) is 6.61 Å². The number of ether oxygens (including phenoxy) is 1. The third-order valence-electron chi connectivity index (χ3n) is 3.26. The van der Waals surface area contributed by atoms with Gasteiger partial charge in [0.15, 0.2) is 0 Å². The number of carbonyl (C=O) groups is 1. The van der Waals surface area contributed by atoms with Gasteiger partial charge < -0.3 is 10.5 Å². The highest BCUT2D eigenvalue weighted by molar-refractivity contribution is 7.87. The summed E-state index contributed by atoms with van der Waals surface area (Å²) >= 11 is 0. The van der Waals surface area contributed by atoms with E-state index in [0.29, 0.717) is 6.54 Å². The van der Waals surface area contributed by atoms with Crippen molar-refractivity contribution in [2.24, 2.45) is 11.7 Å². The van der Waals surface area contributed by atoms with E-state index in [1.165, 1.54) is 11.4 Å². The monoisotopic (exact) mass is 279 g/mol. The zero-order chi connectivity index (χ0) is 13.8. The Hall–Kier alpha value is -0.860. The minimum absolute atomic E-state index is 0.125. The number of nitrogens with zero attached hydrogens (tertiary/aromatic N) is 1. The maximum atomic E-state index is 11.9. The number of hydrogen-bond acceptors (Lipinski definition) is 5. The average molecular weight is 279 g/mol. The molecular weight excluding hydrogens is 258 g/mol. The van der Waals surface area contributed by atoms with E-state index in [1.807, 2.05) is 4.72 Å². The lowest BCUT2D eigenvalue weighted by atomic mass is 10.0. The molecule has 1 saturated carbocycles. The summed E-state index contributed by atoms with van der Waals surface area (Å²) in [5.74, 6) is 0.147. The first-order valence-electron chi connectivity index (χ1n) is 6.05. The van der Waals surface area contributed by atoms with Crippen LogP contribution in [0.4, 0.5) is 4.79 Å². The molecule has 1 fully saturated rings. The van der Waals surface area contributed by atoms with Gasteiger partial charge in [0, 0.05) is 13.1 Å². The molecule has 18 heavy (non-hydrogen) atoms. The van der Waals surface area contributed by atoms with Crippen LogP contribution in [-0.4, -0.2) is 45.1 Å². The van der Waals surface area contributed by atoms with E-state index >= 15 is 0 Å². The number of nitrogens with two attached hydrogens (primary N) is 1. The number of amides is 1. The fourth-order valence-corrected chi connectivity index (χ4v) is 3.33. The minimum Gasteiger partial charge on any atom is -0.449 e. The van der Waals surface area contributed by atoms with E-state index in [4.69, 9.17) is 5.73 Å². The second-order valence-electron chi connectivity index (χ2n) is 4.34. The Morgan fingerprint density at radius 2 is 2.17 bits per heavy atom. The van der Waals surface area contributed by atoms with E-state index < -0.39 is 16.3 Å². The Bertz CT molecular complexity index is 385. The summed E-state index contributed by atoms with van der Waals surface area (Å²) in [5, 5.41) is 0. The first kappa shape index (κ1) is 15.2. The summed E-state index contributed by atoms with van der Waals surface area (Å²) in [7, 11) is -2.40. The van der Waals surface area contributed by atoms with E-state index in [1.54, 1.807) is 6.92 Å². The lowest BCUT2D eigenvalue weighted by molar-refractivity contribution is 0.157. The van der Waals surface area contributed by atoms with Gasteiger partial charge in [-0.25, -0.2) is 9.52 Å². The van der Waals surface area contributed by atoms with Crippen LogP contribution in [0.1, 0.15) is 26.2 Å². The van der Waals surface area contributed by atoms with Crippen LogP contribution in [0.25, 0.3) is 0 Å². The lowest BCUT2D eigenvalue weighted by Gasteiger charge is -2.27. The molecule has 0 aromatic heterocycles. The molecule has 0 spiro atoms. The summed E-state index contributed by atoms with van der Waals surface area (Å²) < 4.78 is 31.5. The van der Waals surface area contributed by atoms with E-state index in [9.17, 15) is 13.2 Å². The van der Waals surface area contributed by atoms with Crippen molar-refractivity contribution in [3.8, 4) is 0 Å². The Morgan fingerprint density at radius 1 is 1.50 bits per heavy atom. The molecule has 0 aromatic rings. The van der Waals surface area contributed by atoms with Crippen LogP contribution in [0.5, 0.6) is 0 Å². The molecule has 2 unspecified atom stereocenters. The Labute approximate surface area is 108 Å². The SMILES string of the molecule is CCOC(=O)NS(=O)(=O)N(C)C1CCCC1CN. The molecular formula is C10H21N3O4S. The summed E-state index contributed by atoms with van der Waals surface area (Å²) in [6.07, 6.45) is 1.68. The Morgan fingerprint density at radius 3 is 2.72 bits per heavy atom. The molecule has 0 bridgehead atoms. The molecule has 8 heteroatoms. The van der Waals surface area contributed by atoms with Crippen LogP contribution in [0.2, 0.25) is 0 Å². The van der Waals surface area contributed by atoms with Crippen molar-refractivity contribution in [2.75, 3.05) is 20.2 Å². The van der Waals surface area contributed by atoms with Crippen LogP contribution in [0, 0.1) is 5.92 Å². The highest BCUT2D eigenvalue weighted by atomic mass is 32.2. The topological polar surface area (TPSA) is 102 Å². The second kappa shape index (κ2) is 6.35. The normalized spacial score (nSPS) is 24.2. The van der Waals surface area contributed by atoms with Crippen LogP contribution < -0.4 is 10.5 Å². The first-order valence-corrected chi connectivity index (χ1v) is 7.49. The Kier molecular flexibility index (Phi) is 5.36. The molecule has 0 aromatic carbocycles. The van der Waals surface area contributed by atoms with Crippen molar-refractivity contribution in [1.29, 1.82) is 0 Å². The van der Waals surface area contributed by atoms with Gasteiger partial charge in [-0.05, 0) is 32.2 Å². The highest BCUT2D eigenvalue weighted by Crippen LogP contribution is 2.29. The summed E-state index contributed by atoms with van der Waals surface area (Å²) in [5.41, 5.74) is 5.62. The fraction of sp³-hybridized carbons (Fsp3) is 0.900. The largest absolute Gasteiger partial charge is 0.449 e. The van der Waals surface area contributed by atoms with Crippen molar-refractivity contribution >= 4 is 16.3 Å². The van der Waals surface area contributed by atoms with Gasteiger partial charge >= 0.3 is 16.3 Å². The van der Waals surface area contributed by atoms with Crippen LogP contribution in [0.15, 0.2) is 0 Å². The standard InChI is InChI=1S/C10H21N3O4S/c1-3-17-10(14)12-18(15,16)13(2)9-6-4-5-8(9)7-11/h8-9H,3-7,11H2,1-2H3,(H,12,14). The first-order chi connectivity index (χ1) is 8.42. The van der Waals surface area contributed by atoms with Gasteiger partial charge in [0.1, 0.15) is 0 Å². The van der Waals surface area contributed by atoms with Crippen molar-refractivity contribution < 1.29 is 17.9 Å². The van der Waals surface area contributed by atoms with Gasteiger partial charge in [0.2, 0.25) is 0 Å². The van der Waals surface area contributed by atoms with Crippen molar-refractivity contribution in [2.45, 2.75) is 32.2 Å². The van der Waals surface area contributed by atoms with Gasteiger partial charge in [-0.1, -0.05) is 6.42 Å². The quantitative estimate of drug-likeness (QED) is 0.739. The fourth-order valence-electron chi connectivity index (χ4n) is 2.29. The smallest absolute Gasteiger partial charge is 0.421 e. The number of hydrogen-bond donors (Lipinski definition) is 2.